The number of aliphatic hydroxyl groups is 13. The molecule has 0 spiro atoms. The largest absolute Gasteiger partial charge is 0.394 e. The third kappa shape index (κ3) is 9.31. The highest BCUT2D eigenvalue weighted by Crippen LogP contribution is 2.36. The monoisotopic (exact) mass is 821 g/mol. The van der Waals surface area contributed by atoms with Gasteiger partial charge in [-0.05, 0) is 20.8 Å². The Morgan fingerprint density at radius 2 is 0.893 bits per heavy atom. The number of amides is 1. The number of hydrogen-bond donors (Lipinski definition) is 14. The summed E-state index contributed by atoms with van der Waals surface area (Å²) in [6.07, 6.45) is -40.0. The third-order valence-electron chi connectivity index (χ3n) is 10.6. The molecule has 5 fully saturated rings. The van der Waals surface area contributed by atoms with Gasteiger partial charge in [0.2, 0.25) is 5.91 Å². The van der Waals surface area contributed by atoms with Crippen LogP contribution in [0.15, 0.2) is 0 Å². The Hall–Kier alpha value is -1.41. The Labute approximate surface area is 319 Å². The maximum Gasteiger partial charge on any atom is 0.217 e. The van der Waals surface area contributed by atoms with Gasteiger partial charge < -0.3 is 114 Å². The van der Waals surface area contributed by atoms with Gasteiger partial charge in [-0.25, -0.2) is 0 Å². The summed E-state index contributed by atoms with van der Waals surface area (Å²) in [6.45, 7) is 3.62. The highest BCUT2D eigenvalue weighted by molar-refractivity contribution is 5.73. The Kier molecular flexibility index (Phi) is 15.4. The van der Waals surface area contributed by atoms with E-state index >= 15 is 0 Å². The molecule has 5 heterocycles. The van der Waals surface area contributed by atoms with E-state index in [1.54, 1.807) is 0 Å². The van der Waals surface area contributed by atoms with Crippen molar-refractivity contribution in [3.8, 4) is 0 Å². The lowest BCUT2D eigenvalue weighted by molar-refractivity contribution is -0.396. The van der Waals surface area contributed by atoms with Crippen LogP contribution in [-0.2, 0) is 47.4 Å². The maximum absolute atomic E-state index is 11.9. The van der Waals surface area contributed by atoms with Crippen LogP contribution in [0.4, 0.5) is 0 Å². The van der Waals surface area contributed by atoms with Crippen molar-refractivity contribution in [2.24, 2.45) is 0 Å². The van der Waals surface area contributed by atoms with Gasteiger partial charge in [0.25, 0.3) is 0 Å². The topological polar surface area (TPSA) is 375 Å². The number of carbonyl (C=O) groups excluding carboxylic acids is 1. The molecule has 24 heteroatoms. The number of carbonyl (C=O) groups is 1. The Bertz CT molecular complexity index is 1270. The number of ether oxygens (including phenoxy) is 9. The molecule has 326 valence electrons. The average molecular weight is 822 g/mol. The fraction of sp³-hybridized carbons (Fsp3) is 0.969. The number of aliphatic hydroxyl groups excluding tert-OH is 13. The molecule has 0 saturated carbocycles. The van der Waals surface area contributed by atoms with Crippen LogP contribution in [0, 0.1) is 0 Å². The minimum absolute atomic E-state index is 0.658. The van der Waals surface area contributed by atoms with Gasteiger partial charge in [0.05, 0.1) is 31.5 Å². The fourth-order valence-corrected chi connectivity index (χ4v) is 7.23. The van der Waals surface area contributed by atoms with Crippen molar-refractivity contribution in [1.29, 1.82) is 0 Å². The van der Waals surface area contributed by atoms with Gasteiger partial charge in [-0.1, -0.05) is 0 Å². The quantitative estimate of drug-likeness (QED) is 0.0920. The molecule has 0 aromatic rings. The Balaban J connectivity index is 1.35. The van der Waals surface area contributed by atoms with Crippen LogP contribution in [0.1, 0.15) is 27.7 Å². The molecule has 24 nitrogen and oxygen atoms in total. The van der Waals surface area contributed by atoms with Gasteiger partial charge in [0.1, 0.15) is 104 Å². The second-order valence-electron chi connectivity index (χ2n) is 14.6. The predicted molar refractivity (Wildman–Crippen MR) is 174 cm³/mol. The van der Waals surface area contributed by atoms with Gasteiger partial charge in [-0.2, -0.15) is 0 Å². The van der Waals surface area contributed by atoms with E-state index in [0.717, 1.165) is 6.92 Å². The smallest absolute Gasteiger partial charge is 0.217 e. The first-order valence-electron chi connectivity index (χ1n) is 18.2. The van der Waals surface area contributed by atoms with Crippen LogP contribution >= 0.6 is 0 Å². The summed E-state index contributed by atoms with van der Waals surface area (Å²) in [5, 5.41) is 141. The average Bonchev–Trinajstić information content (AvgIpc) is 3.15. The lowest BCUT2D eigenvalue weighted by Crippen LogP contribution is -2.68. The van der Waals surface area contributed by atoms with E-state index in [9.17, 15) is 71.2 Å². The summed E-state index contributed by atoms with van der Waals surface area (Å²) in [7, 11) is 0. The van der Waals surface area contributed by atoms with E-state index in [1.165, 1.54) is 20.8 Å². The summed E-state index contributed by atoms with van der Waals surface area (Å²) in [5.74, 6) is -0.658. The lowest BCUT2D eigenvalue weighted by atomic mass is 9.95. The number of nitrogens with one attached hydrogen (secondary N) is 1. The normalized spacial score (nSPS) is 53.1. The molecule has 5 aliphatic heterocycles. The lowest BCUT2D eigenvalue weighted by Gasteiger charge is -2.49. The van der Waals surface area contributed by atoms with Crippen LogP contribution in [0.5, 0.6) is 0 Å². The summed E-state index contributed by atoms with van der Waals surface area (Å²) in [6, 6.07) is -1.43. The molecule has 1 amide bonds. The summed E-state index contributed by atoms with van der Waals surface area (Å²) >= 11 is 0. The van der Waals surface area contributed by atoms with Gasteiger partial charge >= 0.3 is 0 Å². The minimum Gasteiger partial charge on any atom is -0.394 e. The summed E-state index contributed by atoms with van der Waals surface area (Å²) in [5.41, 5.74) is 0. The standard InChI is InChI=1S/C32H55NO23/c1-7-14(37)20(43)27(56-31-22(45)25(15(38)8(2)49-31)54-29-21(44)19(42)17(40)11(5-34)52-29)32(50-7)55-26-16(39)9(3)48-30(23(26)46)53-24-13(33-10(4)36)28(47)51-12(6-35)18(24)41/h7-9,11-32,34-35,37-47H,5-6H2,1-4H3,(H,33,36)/t7-,8-,9-,11+,12+,13+,14-,15-,16-,17+,18+,19-,20+,21+,22+,23+,24+,25+,26+,27+,28+,29+,30-,31-,32-/m0/s1. The molecule has 0 aliphatic carbocycles. The van der Waals surface area contributed by atoms with Crippen molar-refractivity contribution >= 4 is 5.91 Å². The van der Waals surface area contributed by atoms with Crippen molar-refractivity contribution in [3.63, 3.8) is 0 Å². The van der Waals surface area contributed by atoms with Gasteiger partial charge in [-0.3, -0.25) is 4.79 Å². The van der Waals surface area contributed by atoms with Crippen LogP contribution in [0.3, 0.4) is 0 Å². The second-order valence-corrected chi connectivity index (χ2v) is 14.6. The zero-order valence-electron chi connectivity index (χ0n) is 30.7. The van der Waals surface area contributed by atoms with Gasteiger partial charge in [0.15, 0.2) is 31.5 Å². The molecule has 5 saturated heterocycles. The van der Waals surface area contributed by atoms with Crippen LogP contribution in [0.2, 0.25) is 0 Å². The molecule has 0 unspecified atom stereocenters. The van der Waals surface area contributed by atoms with E-state index < -0.39 is 173 Å². The molecular weight excluding hydrogens is 766 g/mol. The molecule has 5 aliphatic rings. The Morgan fingerprint density at radius 1 is 0.464 bits per heavy atom. The number of rotatable bonds is 11. The first kappa shape index (κ1) is 45.7. The van der Waals surface area contributed by atoms with E-state index in [4.69, 9.17) is 42.6 Å². The van der Waals surface area contributed by atoms with E-state index in [1.807, 2.05) is 0 Å². The zero-order chi connectivity index (χ0) is 41.5. The van der Waals surface area contributed by atoms with Crippen molar-refractivity contribution in [1.82, 2.24) is 5.32 Å². The van der Waals surface area contributed by atoms with Crippen LogP contribution < -0.4 is 5.32 Å². The predicted octanol–water partition coefficient (Wildman–Crippen LogP) is -8.70. The van der Waals surface area contributed by atoms with Crippen LogP contribution in [0.25, 0.3) is 0 Å². The molecule has 0 bridgehead atoms. The SMILES string of the molecule is CC(=O)N[C@@H]1[C@@H](O[C@@H]2O[C@@H](C)[C@H](O)[C@@H](O[C@@H]3O[C@@H](C)[C@H](O)[C@@H](O)[C@H]3O[C@@H]3O[C@@H](C)[C@H](O)[C@@H](O[C@H]4O[C@H](CO)[C@@H](O)[C@H](O)[C@H]4O)[C@H]3O)[C@H]2O)[C@H](O)[C@@H](CO)O[C@H]1O. The molecule has 0 aromatic carbocycles. The van der Waals surface area contributed by atoms with Crippen molar-refractivity contribution < 1.29 is 114 Å². The van der Waals surface area contributed by atoms with Crippen molar-refractivity contribution in [2.45, 2.75) is 181 Å². The van der Waals surface area contributed by atoms with Gasteiger partial charge in [-0.15, -0.1) is 0 Å². The first-order chi connectivity index (χ1) is 26.3. The molecule has 5 rings (SSSR count). The zero-order valence-corrected chi connectivity index (χ0v) is 30.7. The Morgan fingerprint density at radius 3 is 1.41 bits per heavy atom. The second kappa shape index (κ2) is 18.9. The molecule has 56 heavy (non-hydrogen) atoms. The molecular formula is C32H55NO23. The van der Waals surface area contributed by atoms with E-state index in [-0.39, 0.29) is 0 Å². The summed E-state index contributed by atoms with van der Waals surface area (Å²) < 4.78 is 51.0. The van der Waals surface area contributed by atoms with Crippen LogP contribution in [-0.4, -0.2) is 239 Å². The highest BCUT2D eigenvalue weighted by Gasteiger charge is 2.56. The molecule has 14 N–H and O–H groups in total. The van der Waals surface area contributed by atoms with E-state index in [0.29, 0.717) is 0 Å². The maximum atomic E-state index is 11.9. The highest BCUT2D eigenvalue weighted by atomic mass is 16.8. The van der Waals surface area contributed by atoms with Crippen molar-refractivity contribution in [2.75, 3.05) is 13.2 Å². The molecule has 0 radical (unpaired) electrons. The molecule has 0 aromatic heterocycles. The van der Waals surface area contributed by atoms with Crippen molar-refractivity contribution in [3.05, 3.63) is 0 Å². The third-order valence-corrected chi connectivity index (χ3v) is 10.6. The number of hydrogen-bond acceptors (Lipinski definition) is 23. The van der Waals surface area contributed by atoms with Gasteiger partial charge in [0, 0.05) is 6.92 Å². The molecule has 25 atom stereocenters. The minimum atomic E-state index is -1.98. The van der Waals surface area contributed by atoms with E-state index in [2.05, 4.69) is 5.32 Å². The first-order valence-corrected chi connectivity index (χ1v) is 18.2. The summed E-state index contributed by atoms with van der Waals surface area (Å²) in [4.78, 5) is 11.9. The fourth-order valence-electron chi connectivity index (χ4n) is 7.23.